The minimum Gasteiger partial charge on any atom is -0.340 e. The van der Waals surface area contributed by atoms with Gasteiger partial charge in [0.15, 0.2) is 0 Å². The van der Waals surface area contributed by atoms with Crippen molar-refractivity contribution in [3.05, 3.63) is 35.4 Å². The summed E-state index contributed by atoms with van der Waals surface area (Å²) >= 11 is 0. The Balaban J connectivity index is 1.77. The lowest BCUT2D eigenvalue weighted by Gasteiger charge is -2.36. The van der Waals surface area contributed by atoms with Gasteiger partial charge in [-0.1, -0.05) is 29.8 Å². The van der Waals surface area contributed by atoms with Crippen molar-refractivity contribution in [3.63, 3.8) is 0 Å². The number of carbonyl (C=O) groups is 2. The molecule has 142 valence electrons. The van der Waals surface area contributed by atoms with Crippen LogP contribution in [0.2, 0.25) is 0 Å². The molecule has 2 saturated heterocycles. The summed E-state index contributed by atoms with van der Waals surface area (Å²) in [7, 11) is -1.50. The first kappa shape index (κ1) is 18.8. The summed E-state index contributed by atoms with van der Waals surface area (Å²) in [6.07, 6.45) is 1.38. The van der Waals surface area contributed by atoms with E-state index in [9.17, 15) is 18.0 Å². The highest BCUT2D eigenvalue weighted by molar-refractivity contribution is 7.88. The monoisotopic (exact) mass is 379 g/mol. The first-order valence-electron chi connectivity index (χ1n) is 8.74. The lowest BCUT2D eigenvalue weighted by Crippen LogP contribution is -2.52. The van der Waals surface area contributed by atoms with Crippen molar-refractivity contribution in [1.29, 1.82) is 0 Å². The van der Waals surface area contributed by atoms with E-state index in [0.717, 1.165) is 11.1 Å². The Bertz CT molecular complexity index is 798. The molecule has 2 heterocycles. The number of piperazine rings is 1. The molecule has 7 nitrogen and oxygen atoms in total. The predicted octanol–water partition coefficient (Wildman–Crippen LogP) is 0.618. The molecule has 0 N–H and O–H groups in total. The molecule has 0 aromatic heterocycles. The van der Waals surface area contributed by atoms with Gasteiger partial charge in [-0.3, -0.25) is 9.59 Å². The molecule has 2 aliphatic rings. The Hall–Kier alpha value is -1.93. The van der Waals surface area contributed by atoms with Crippen molar-refractivity contribution in [2.75, 3.05) is 39.5 Å². The van der Waals surface area contributed by atoms with Crippen LogP contribution in [0.15, 0.2) is 24.3 Å². The van der Waals surface area contributed by atoms with E-state index in [-0.39, 0.29) is 24.3 Å². The third-order valence-corrected chi connectivity index (χ3v) is 6.64. The fourth-order valence-electron chi connectivity index (χ4n) is 3.79. The van der Waals surface area contributed by atoms with Crippen LogP contribution < -0.4 is 0 Å². The molecule has 2 fully saturated rings. The average Bonchev–Trinajstić information content (AvgIpc) is 2.90. The fourth-order valence-corrected chi connectivity index (χ4v) is 4.61. The second kappa shape index (κ2) is 7.00. The van der Waals surface area contributed by atoms with Crippen LogP contribution in [0.4, 0.5) is 0 Å². The van der Waals surface area contributed by atoms with Crippen molar-refractivity contribution in [3.8, 4) is 0 Å². The summed E-state index contributed by atoms with van der Waals surface area (Å²) in [4.78, 5) is 28.7. The van der Waals surface area contributed by atoms with Crippen LogP contribution in [0.25, 0.3) is 0 Å². The number of sulfonamides is 1. The maximum Gasteiger partial charge on any atom is 0.228 e. The maximum absolute atomic E-state index is 13.1. The molecule has 0 spiro atoms. The van der Waals surface area contributed by atoms with Gasteiger partial charge >= 0.3 is 0 Å². The molecular weight excluding hydrogens is 354 g/mol. The third-order valence-electron chi connectivity index (χ3n) is 5.34. The van der Waals surface area contributed by atoms with Gasteiger partial charge in [0.2, 0.25) is 21.8 Å². The molecule has 2 amide bonds. The van der Waals surface area contributed by atoms with Crippen LogP contribution in [-0.4, -0.2) is 73.8 Å². The second-order valence-electron chi connectivity index (χ2n) is 7.16. The minimum atomic E-state index is -3.24. The summed E-state index contributed by atoms with van der Waals surface area (Å²) in [5.41, 5.74) is 2.08. The largest absolute Gasteiger partial charge is 0.340 e. The number of nitrogens with zero attached hydrogens (tertiary/aromatic N) is 3. The highest BCUT2D eigenvalue weighted by Gasteiger charge is 2.44. The number of rotatable bonds is 3. The molecular formula is C18H25N3O4S. The lowest BCUT2D eigenvalue weighted by atomic mass is 9.91. The normalized spacial score (nSPS) is 25.0. The molecule has 1 aromatic carbocycles. The number of amides is 2. The topological polar surface area (TPSA) is 78.0 Å². The first-order valence-corrected chi connectivity index (χ1v) is 10.6. The predicted molar refractivity (Wildman–Crippen MR) is 97.8 cm³/mol. The lowest BCUT2D eigenvalue weighted by molar-refractivity contribution is -0.137. The number of hydrogen-bond acceptors (Lipinski definition) is 4. The SMILES string of the molecule is Cc1ccc(C2C(C(=O)N3CCN(S(C)(=O)=O)CC3)CC(=O)N2C)cc1. The zero-order valence-corrected chi connectivity index (χ0v) is 16.2. The standard InChI is InChI=1S/C18H25N3O4S/c1-13-4-6-14(7-5-13)17-15(12-16(22)19(17)2)18(23)20-8-10-21(11-9-20)26(3,24)25/h4-7,15,17H,8-12H2,1-3H3. The summed E-state index contributed by atoms with van der Waals surface area (Å²) in [5, 5.41) is 0. The molecule has 0 saturated carbocycles. The number of benzene rings is 1. The zero-order chi connectivity index (χ0) is 19.1. The van der Waals surface area contributed by atoms with Crippen molar-refractivity contribution in [2.24, 2.45) is 5.92 Å². The average molecular weight is 379 g/mol. The van der Waals surface area contributed by atoms with E-state index in [1.165, 1.54) is 10.6 Å². The van der Waals surface area contributed by atoms with Gasteiger partial charge in [0.25, 0.3) is 0 Å². The van der Waals surface area contributed by atoms with Gasteiger partial charge in [0.05, 0.1) is 18.2 Å². The van der Waals surface area contributed by atoms with E-state index in [1.807, 2.05) is 31.2 Å². The molecule has 1 aromatic rings. The number of aryl methyl sites for hydroxylation is 1. The van der Waals surface area contributed by atoms with E-state index < -0.39 is 15.9 Å². The van der Waals surface area contributed by atoms with E-state index in [1.54, 1.807) is 16.8 Å². The molecule has 0 aliphatic carbocycles. The van der Waals surface area contributed by atoms with Gasteiger partial charge in [-0.2, -0.15) is 4.31 Å². The summed E-state index contributed by atoms with van der Waals surface area (Å²) < 4.78 is 24.7. The molecule has 3 rings (SSSR count). The van der Waals surface area contributed by atoms with E-state index in [0.29, 0.717) is 26.2 Å². The van der Waals surface area contributed by atoms with E-state index in [2.05, 4.69) is 0 Å². The van der Waals surface area contributed by atoms with Gasteiger partial charge in [0.1, 0.15) is 0 Å². The smallest absolute Gasteiger partial charge is 0.228 e. The van der Waals surface area contributed by atoms with Crippen LogP contribution in [0.5, 0.6) is 0 Å². The highest BCUT2D eigenvalue weighted by Crippen LogP contribution is 2.38. The second-order valence-corrected chi connectivity index (χ2v) is 9.14. The fraction of sp³-hybridized carbons (Fsp3) is 0.556. The molecule has 0 bridgehead atoms. The molecule has 2 unspecified atom stereocenters. The Morgan fingerprint density at radius 3 is 2.19 bits per heavy atom. The summed E-state index contributed by atoms with van der Waals surface area (Å²) in [6, 6.07) is 7.63. The van der Waals surface area contributed by atoms with Gasteiger partial charge < -0.3 is 9.80 Å². The van der Waals surface area contributed by atoms with Gasteiger partial charge in [0, 0.05) is 39.6 Å². The molecule has 0 radical (unpaired) electrons. The van der Waals surface area contributed by atoms with Crippen LogP contribution >= 0.6 is 0 Å². The van der Waals surface area contributed by atoms with Crippen molar-refractivity contribution >= 4 is 21.8 Å². The quantitative estimate of drug-likeness (QED) is 0.771. The Morgan fingerprint density at radius 2 is 1.65 bits per heavy atom. The number of likely N-dealkylation sites (tertiary alicyclic amines) is 1. The van der Waals surface area contributed by atoms with Gasteiger partial charge in [-0.15, -0.1) is 0 Å². The highest BCUT2D eigenvalue weighted by atomic mass is 32.2. The Kier molecular flexibility index (Phi) is 5.07. The third kappa shape index (κ3) is 3.61. The first-order chi connectivity index (χ1) is 12.2. The molecule has 2 atom stereocenters. The molecule has 2 aliphatic heterocycles. The van der Waals surface area contributed by atoms with Crippen LogP contribution in [0.1, 0.15) is 23.6 Å². The van der Waals surface area contributed by atoms with Crippen LogP contribution in [-0.2, 0) is 19.6 Å². The summed E-state index contributed by atoms with van der Waals surface area (Å²) in [6.45, 7) is 3.33. The van der Waals surface area contributed by atoms with Crippen molar-refractivity contribution in [2.45, 2.75) is 19.4 Å². The number of hydrogen-bond donors (Lipinski definition) is 0. The Labute approximate surface area is 154 Å². The Morgan fingerprint density at radius 1 is 1.08 bits per heavy atom. The summed E-state index contributed by atoms with van der Waals surface area (Å²) in [5.74, 6) is -0.537. The van der Waals surface area contributed by atoms with Crippen molar-refractivity contribution in [1.82, 2.24) is 14.1 Å². The number of carbonyl (C=O) groups excluding carboxylic acids is 2. The molecule has 8 heteroatoms. The van der Waals surface area contributed by atoms with Gasteiger partial charge in [-0.05, 0) is 12.5 Å². The maximum atomic E-state index is 13.1. The zero-order valence-electron chi connectivity index (χ0n) is 15.4. The van der Waals surface area contributed by atoms with Crippen molar-refractivity contribution < 1.29 is 18.0 Å². The van der Waals surface area contributed by atoms with Crippen LogP contribution in [0, 0.1) is 12.8 Å². The van der Waals surface area contributed by atoms with Gasteiger partial charge in [-0.25, -0.2) is 8.42 Å². The minimum absolute atomic E-state index is 0.0382. The van der Waals surface area contributed by atoms with Crippen LogP contribution in [0.3, 0.4) is 0 Å². The molecule has 26 heavy (non-hydrogen) atoms. The van der Waals surface area contributed by atoms with E-state index in [4.69, 9.17) is 0 Å². The van der Waals surface area contributed by atoms with E-state index >= 15 is 0 Å².